The minimum absolute atomic E-state index is 0.0172. The zero-order chi connectivity index (χ0) is 21.4. The summed E-state index contributed by atoms with van der Waals surface area (Å²) in [5.74, 6) is -0.470. The van der Waals surface area contributed by atoms with Crippen molar-refractivity contribution in [3.05, 3.63) is 52.3 Å². The van der Waals surface area contributed by atoms with Gasteiger partial charge in [0.1, 0.15) is 30.5 Å². The predicted molar refractivity (Wildman–Crippen MR) is 98.7 cm³/mol. The Hall–Kier alpha value is -3.26. The van der Waals surface area contributed by atoms with Crippen molar-refractivity contribution in [3.8, 4) is 0 Å². The van der Waals surface area contributed by atoms with Gasteiger partial charge in [0.05, 0.1) is 23.9 Å². The quantitative estimate of drug-likeness (QED) is 0.317. The summed E-state index contributed by atoms with van der Waals surface area (Å²) in [6.45, 7) is -0.486. The number of nitro benzene ring substituents is 1. The van der Waals surface area contributed by atoms with Gasteiger partial charge in [0.15, 0.2) is 23.2 Å². The van der Waals surface area contributed by atoms with Gasteiger partial charge in [-0.05, 0) is 6.07 Å². The highest BCUT2D eigenvalue weighted by Gasteiger charge is 2.44. The molecule has 3 aromatic rings. The number of fused-ring (bicyclic) bond motifs is 1. The second-order valence-corrected chi connectivity index (χ2v) is 6.66. The lowest BCUT2D eigenvalue weighted by Crippen LogP contribution is -2.33. The largest absolute Gasteiger partial charge is 0.394 e. The second kappa shape index (κ2) is 7.87. The third-order valence-corrected chi connectivity index (χ3v) is 4.84. The number of aromatic nitrogens is 4. The monoisotopic (exact) mass is 420 g/mol. The Labute approximate surface area is 167 Å². The van der Waals surface area contributed by atoms with Crippen molar-refractivity contribution in [2.24, 2.45) is 0 Å². The Kier molecular flexibility index (Phi) is 5.26. The van der Waals surface area contributed by atoms with Gasteiger partial charge in [-0.1, -0.05) is 0 Å². The fourth-order valence-electron chi connectivity index (χ4n) is 3.25. The number of hydrogen-bond acceptors (Lipinski definition) is 10. The molecular weight excluding hydrogens is 403 g/mol. The summed E-state index contributed by atoms with van der Waals surface area (Å²) >= 11 is 0. The zero-order valence-electron chi connectivity index (χ0n) is 15.3. The van der Waals surface area contributed by atoms with E-state index in [1.54, 1.807) is 0 Å². The average molecular weight is 420 g/mol. The van der Waals surface area contributed by atoms with Crippen LogP contribution in [0.25, 0.3) is 11.2 Å². The first-order valence-electron chi connectivity index (χ1n) is 8.87. The van der Waals surface area contributed by atoms with Gasteiger partial charge in [0, 0.05) is 18.2 Å². The predicted octanol–water partition coefficient (Wildman–Crippen LogP) is 0.0972. The SMILES string of the molecule is O=[N+]([O-])c1ccc(CNc2ncnc3c2ncn3[C@@H]2O[C@H](CO)[C@@H](O)[C@H]2O)c(F)c1. The summed E-state index contributed by atoms with van der Waals surface area (Å²) in [5.41, 5.74) is 0.428. The standard InChI is InChI=1S/C17H17FN6O6/c18-10-3-9(24(28)29)2-1-8(10)4-19-15-12-16(21-6-20-15)23(7-22-12)17-14(27)13(26)11(5-25)30-17/h1-3,6-7,11,13-14,17,25-27H,4-5H2,(H,19,20,21)/t11-,13-,14-,17-/m1/s1. The molecule has 1 fully saturated rings. The van der Waals surface area contributed by atoms with E-state index in [0.29, 0.717) is 5.52 Å². The number of anilines is 1. The van der Waals surface area contributed by atoms with Gasteiger partial charge in [-0.25, -0.2) is 19.3 Å². The van der Waals surface area contributed by atoms with Crippen LogP contribution in [0, 0.1) is 15.9 Å². The molecular formula is C17H17FN6O6. The lowest BCUT2D eigenvalue weighted by atomic mass is 10.1. The maximum absolute atomic E-state index is 14.1. The van der Waals surface area contributed by atoms with Crippen LogP contribution < -0.4 is 5.32 Å². The van der Waals surface area contributed by atoms with E-state index < -0.39 is 41.9 Å². The Morgan fingerprint density at radius 1 is 1.27 bits per heavy atom. The minimum Gasteiger partial charge on any atom is -0.394 e. The van der Waals surface area contributed by atoms with Gasteiger partial charge in [-0.15, -0.1) is 0 Å². The molecule has 30 heavy (non-hydrogen) atoms. The first-order valence-corrected chi connectivity index (χ1v) is 8.87. The zero-order valence-corrected chi connectivity index (χ0v) is 15.3. The number of non-ortho nitro benzene ring substituents is 1. The molecule has 1 aromatic carbocycles. The van der Waals surface area contributed by atoms with E-state index in [1.165, 1.54) is 29.4 Å². The fourth-order valence-corrected chi connectivity index (χ4v) is 3.25. The number of aliphatic hydroxyl groups excluding tert-OH is 3. The van der Waals surface area contributed by atoms with Crippen LogP contribution in [0.3, 0.4) is 0 Å². The number of benzene rings is 1. The molecule has 13 heteroatoms. The highest BCUT2D eigenvalue weighted by molar-refractivity contribution is 5.82. The summed E-state index contributed by atoms with van der Waals surface area (Å²) in [7, 11) is 0. The van der Waals surface area contributed by atoms with E-state index in [-0.39, 0.29) is 29.3 Å². The molecule has 4 N–H and O–H groups in total. The number of nitrogens with zero attached hydrogens (tertiary/aromatic N) is 5. The van der Waals surface area contributed by atoms with Crippen molar-refractivity contribution >= 4 is 22.7 Å². The van der Waals surface area contributed by atoms with Gasteiger partial charge in [-0.2, -0.15) is 0 Å². The van der Waals surface area contributed by atoms with Crippen molar-refractivity contribution in [2.75, 3.05) is 11.9 Å². The van der Waals surface area contributed by atoms with E-state index in [9.17, 15) is 29.8 Å². The van der Waals surface area contributed by atoms with Crippen LogP contribution in [0.4, 0.5) is 15.9 Å². The molecule has 0 spiro atoms. The van der Waals surface area contributed by atoms with Crippen LogP contribution in [0.5, 0.6) is 0 Å². The molecule has 0 radical (unpaired) electrons. The van der Waals surface area contributed by atoms with Crippen LogP contribution in [0.2, 0.25) is 0 Å². The van der Waals surface area contributed by atoms with Crippen molar-refractivity contribution in [1.29, 1.82) is 0 Å². The van der Waals surface area contributed by atoms with E-state index in [4.69, 9.17) is 4.74 Å². The molecule has 3 heterocycles. The summed E-state index contributed by atoms with van der Waals surface area (Å²) < 4.78 is 21.0. The summed E-state index contributed by atoms with van der Waals surface area (Å²) in [4.78, 5) is 22.4. The molecule has 4 atom stereocenters. The molecule has 0 unspecified atom stereocenters. The highest BCUT2D eigenvalue weighted by Crippen LogP contribution is 2.32. The average Bonchev–Trinajstić information content (AvgIpc) is 3.28. The topological polar surface area (TPSA) is 169 Å². The van der Waals surface area contributed by atoms with E-state index in [1.807, 2.05) is 0 Å². The van der Waals surface area contributed by atoms with E-state index in [0.717, 1.165) is 6.07 Å². The van der Waals surface area contributed by atoms with Crippen molar-refractivity contribution in [3.63, 3.8) is 0 Å². The molecule has 0 amide bonds. The third kappa shape index (κ3) is 3.43. The molecule has 0 saturated carbocycles. The van der Waals surface area contributed by atoms with E-state index >= 15 is 0 Å². The van der Waals surface area contributed by atoms with Crippen LogP contribution in [0.15, 0.2) is 30.9 Å². The maximum atomic E-state index is 14.1. The molecule has 4 rings (SSSR count). The van der Waals surface area contributed by atoms with Gasteiger partial charge in [0.2, 0.25) is 0 Å². The normalized spacial score (nSPS) is 23.7. The first-order chi connectivity index (χ1) is 14.4. The first kappa shape index (κ1) is 20.0. The Balaban J connectivity index is 1.58. The Morgan fingerprint density at radius 3 is 2.73 bits per heavy atom. The maximum Gasteiger partial charge on any atom is 0.272 e. The van der Waals surface area contributed by atoms with Gasteiger partial charge in [0.25, 0.3) is 5.69 Å². The lowest BCUT2D eigenvalue weighted by molar-refractivity contribution is -0.385. The summed E-state index contributed by atoms with van der Waals surface area (Å²) in [5, 5.41) is 43.1. The van der Waals surface area contributed by atoms with Crippen LogP contribution >= 0.6 is 0 Å². The molecule has 2 aromatic heterocycles. The molecule has 1 saturated heterocycles. The van der Waals surface area contributed by atoms with Crippen molar-refractivity contribution < 1.29 is 29.4 Å². The number of imidazole rings is 1. The Morgan fingerprint density at radius 2 is 2.07 bits per heavy atom. The summed E-state index contributed by atoms with van der Waals surface area (Å²) in [6, 6.07) is 3.34. The smallest absolute Gasteiger partial charge is 0.272 e. The van der Waals surface area contributed by atoms with Crippen LogP contribution in [0.1, 0.15) is 11.8 Å². The summed E-state index contributed by atoms with van der Waals surface area (Å²) in [6.07, 6.45) is -1.97. The lowest BCUT2D eigenvalue weighted by Gasteiger charge is -2.16. The molecule has 158 valence electrons. The number of ether oxygens (including phenoxy) is 1. The number of hydrogen-bond donors (Lipinski definition) is 4. The number of nitro groups is 1. The second-order valence-electron chi connectivity index (χ2n) is 6.66. The third-order valence-electron chi connectivity index (χ3n) is 4.84. The Bertz CT molecular complexity index is 1090. The number of rotatable bonds is 6. The van der Waals surface area contributed by atoms with E-state index in [2.05, 4.69) is 20.3 Å². The number of halogens is 1. The molecule has 0 aliphatic carbocycles. The minimum atomic E-state index is -1.31. The number of aliphatic hydroxyl groups is 3. The van der Waals surface area contributed by atoms with Crippen LogP contribution in [-0.2, 0) is 11.3 Å². The van der Waals surface area contributed by atoms with Crippen LogP contribution in [-0.4, -0.2) is 64.7 Å². The molecule has 1 aliphatic heterocycles. The number of nitrogens with one attached hydrogen (secondary N) is 1. The van der Waals surface area contributed by atoms with Gasteiger partial charge < -0.3 is 25.4 Å². The molecule has 1 aliphatic rings. The highest BCUT2D eigenvalue weighted by atomic mass is 19.1. The van der Waals surface area contributed by atoms with Gasteiger partial charge in [-0.3, -0.25) is 14.7 Å². The fraction of sp³-hybridized carbons (Fsp3) is 0.353. The van der Waals surface area contributed by atoms with Gasteiger partial charge >= 0.3 is 0 Å². The van der Waals surface area contributed by atoms with Crippen molar-refractivity contribution in [2.45, 2.75) is 31.1 Å². The molecule has 12 nitrogen and oxygen atoms in total. The molecule has 0 bridgehead atoms. The van der Waals surface area contributed by atoms with Crippen molar-refractivity contribution in [1.82, 2.24) is 19.5 Å².